The number of hydrogen-bond acceptors (Lipinski definition) is 2. The molecule has 0 unspecified atom stereocenters. The Labute approximate surface area is 182 Å². The van der Waals surface area contributed by atoms with E-state index in [1.807, 2.05) is 6.20 Å². The van der Waals surface area contributed by atoms with E-state index in [1.54, 1.807) is 0 Å². The Bertz CT molecular complexity index is 979. The Morgan fingerprint density at radius 1 is 0.900 bits per heavy atom. The predicted molar refractivity (Wildman–Crippen MR) is 130 cm³/mol. The molecule has 0 saturated heterocycles. The largest absolute Gasteiger partial charge is 0.417 e. The lowest BCUT2D eigenvalue weighted by atomic mass is 9.58. The maximum atomic E-state index is 4.79. The number of fused-ring (bicyclic) bond motifs is 3. The van der Waals surface area contributed by atoms with Crippen molar-refractivity contribution in [2.45, 2.75) is 65.7 Å². The van der Waals surface area contributed by atoms with E-state index < -0.39 is 0 Å². The third kappa shape index (κ3) is 3.57. The summed E-state index contributed by atoms with van der Waals surface area (Å²) in [5.74, 6) is 2.02. The number of benzene rings is 2. The monoisotopic (exact) mass is 399 g/mol. The fourth-order valence-corrected chi connectivity index (χ4v) is 4.89. The zero-order valence-electron chi connectivity index (χ0n) is 19.1. The number of rotatable bonds is 7. The van der Waals surface area contributed by atoms with Gasteiger partial charge in [-0.2, -0.15) is 0 Å². The second-order valence-corrected chi connectivity index (χ2v) is 9.11. The van der Waals surface area contributed by atoms with Gasteiger partial charge in [-0.3, -0.25) is 0 Å². The molecular weight excluding hydrogens is 365 g/mol. The molecular formula is C26H34BN3. The molecule has 0 bridgehead atoms. The van der Waals surface area contributed by atoms with Crippen molar-refractivity contribution in [3.63, 3.8) is 0 Å². The minimum absolute atomic E-state index is 0.144. The Morgan fingerprint density at radius 2 is 1.60 bits per heavy atom. The van der Waals surface area contributed by atoms with Crippen LogP contribution in [0, 0.1) is 0 Å². The Morgan fingerprint density at radius 3 is 2.27 bits per heavy atom. The van der Waals surface area contributed by atoms with Crippen molar-refractivity contribution in [3.05, 3.63) is 66.0 Å². The van der Waals surface area contributed by atoms with Crippen LogP contribution in [0.3, 0.4) is 0 Å². The van der Waals surface area contributed by atoms with Gasteiger partial charge in [-0.25, -0.2) is 4.98 Å². The summed E-state index contributed by atoms with van der Waals surface area (Å²) in [6.07, 6.45) is 7.82. The zero-order valence-corrected chi connectivity index (χ0v) is 19.1. The molecule has 4 heteroatoms. The first-order valence-electron chi connectivity index (χ1n) is 11.6. The van der Waals surface area contributed by atoms with Gasteiger partial charge in [0.25, 0.3) is 0 Å². The first-order chi connectivity index (χ1) is 14.5. The first-order valence-corrected chi connectivity index (χ1v) is 11.6. The Balaban J connectivity index is 1.96. The molecule has 3 nitrogen and oxygen atoms in total. The van der Waals surface area contributed by atoms with Crippen LogP contribution in [0.2, 0.25) is 0 Å². The van der Waals surface area contributed by atoms with Gasteiger partial charge >= 0.3 is 6.98 Å². The minimum atomic E-state index is 0.144. The highest BCUT2D eigenvalue weighted by molar-refractivity contribution is 6.77. The number of unbranched alkanes of at least 4 members (excludes halogenated alkanes) is 2. The zero-order chi connectivity index (χ0) is 21.3. The first kappa shape index (κ1) is 20.8. The van der Waals surface area contributed by atoms with Gasteiger partial charge < -0.3 is 9.29 Å². The summed E-state index contributed by atoms with van der Waals surface area (Å²) in [5.41, 5.74) is 6.91. The van der Waals surface area contributed by atoms with Crippen LogP contribution < -0.4 is 10.3 Å². The van der Waals surface area contributed by atoms with Crippen molar-refractivity contribution >= 4 is 18.1 Å². The lowest BCUT2D eigenvalue weighted by Gasteiger charge is -2.40. The number of para-hydroxylation sites is 1. The SMILES string of the molecule is CCCCCN1B(c2c(C(C)C)cccc2C(C)C)n2ccnc2-c2ccccc21. The molecule has 2 aromatic carbocycles. The van der Waals surface area contributed by atoms with E-state index in [0.29, 0.717) is 11.8 Å². The van der Waals surface area contributed by atoms with E-state index in [-0.39, 0.29) is 6.98 Å². The maximum absolute atomic E-state index is 4.79. The number of anilines is 1. The molecule has 4 rings (SSSR count). The number of imidazole rings is 1. The van der Waals surface area contributed by atoms with E-state index in [4.69, 9.17) is 4.98 Å². The molecule has 0 radical (unpaired) electrons. The lowest BCUT2D eigenvalue weighted by molar-refractivity contribution is 0.720. The Kier molecular flexibility index (Phi) is 6.03. The highest BCUT2D eigenvalue weighted by Crippen LogP contribution is 2.36. The van der Waals surface area contributed by atoms with Crippen molar-refractivity contribution in [2.24, 2.45) is 0 Å². The fourth-order valence-electron chi connectivity index (χ4n) is 4.89. The van der Waals surface area contributed by atoms with Gasteiger partial charge in [0, 0.05) is 30.2 Å². The summed E-state index contributed by atoms with van der Waals surface area (Å²) in [4.78, 5) is 7.42. The van der Waals surface area contributed by atoms with Crippen LogP contribution in [0.25, 0.3) is 11.4 Å². The predicted octanol–water partition coefficient (Wildman–Crippen LogP) is 6.05. The minimum Gasteiger partial charge on any atom is -0.391 e. The molecule has 1 aromatic heterocycles. The van der Waals surface area contributed by atoms with Gasteiger partial charge in [0.1, 0.15) is 5.82 Å². The molecule has 0 spiro atoms. The summed E-state index contributed by atoms with van der Waals surface area (Å²) in [6, 6.07) is 15.7. The molecule has 0 amide bonds. The summed E-state index contributed by atoms with van der Waals surface area (Å²) < 4.78 is 2.40. The molecule has 3 aromatic rings. The van der Waals surface area contributed by atoms with Crippen molar-refractivity contribution < 1.29 is 0 Å². The van der Waals surface area contributed by atoms with Crippen LogP contribution in [0.1, 0.15) is 76.8 Å². The van der Waals surface area contributed by atoms with E-state index in [0.717, 1.165) is 12.4 Å². The van der Waals surface area contributed by atoms with E-state index >= 15 is 0 Å². The summed E-state index contributed by atoms with van der Waals surface area (Å²) in [7, 11) is 0. The standard InChI is InChI=1S/C26H34BN3/c1-6-7-10-17-29-24-15-9-8-12-23(24)26-28-16-18-30(26)27(29)25-21(19(2)3)13-11-14-22(25)20(4)5/h8-9,11-16,18-20H,6-7,10,17H2,1-5H3. The van der Waals surface area contributed by atoms with Crippen LogP contribution >= 0.6 is 0 Å². The van der Waals surface area contributed by atoms with Gasteiger partial charge in [0.15, 0.2) is 0 Å². The van der Waals surface area contributed by atoms with Gasteiger partial charge in [-0.05, 0) is 47.0 Å². The van der Waals surface area contributed by atoms with Crippen LogP contribution in [-0.4, -0.2) is 23.0 Å². The normalized spacial score (nSPS) is 13.2. The van der Waals surface area contributed by atoms with Crippen molar-refractivity contribution in [1.82, 2.24) is 9.46 Å². The summed E-state index contributed by atoms with van der Waals surface area (Å²) in [5, 5.41) is 0. The van der Waals surface area contributed by atoms with E-state index in [1.165, 1.54) is 47.1 Å². The summed E-state index contributed by atoms with van der Waals surface area (Å²) in [6.45, 7) is 12.7. The van der Waals surface area contributed by atoms with E-state index in [2.05, 4.69) is 92.6 Å². The average molecular weight is 399 g/mol. The van der Waals surface area contributed by atoms with Crippen molar-refractivity contribution in [2.75, 3.05) is 11.4 Å². The van der Waals surface area contributed by atoms with Crippen LogP contribution in [0.4, 0.5) is 5.69 Å². The molecule has 30 heavy (non-hydrogen) atoms. The maximum Gasteiger partial charge on any atom is 0.417 e. The number of hydrogen-bond donors (Lipinski definition) is 0. The summed E-state index contributed by atoms with van der Waals surface area (Å²) >= 11 is 0. The van der Waals surface area contributed by atoms with Crippen LogP contribution in [0.5, 0.6) is 0 Å². The van der Waals surface area contributed by atoms with Crippen molar-refractivity contribution in [3.8, 4) is 11.4 Å². The molecule has 0 aliphatic carbocycles. The van der Waals surface area contributed by atoms with Gasteiger partial charge in [-0.1, -0.05) is 77.8 Å². The average Bonchev–Trinajstić information content (AvgIpc) is 3.23. The third-order valence-corrected chi connectivity index (χ3v) is 6.36. The smallest absolute Gasteiger partial charge is 0.391 e. The van der Waals surface area contributed by atoms with Crippen LogP contribution in [0.15, 0.2) is 54.9 Å². The second kappa shape index (κ2) is 8.71. The molecule has 156 valence electrons. The molecule has 0 fully saturated rings. The molecule has 1 aliphatic rings. The Hall–Kier alpha value is -2.49. The highest BCUT2D eigenvalue weighted by atomic mass is 15.2. The molecule has 0 saturated carbocycles. The third-order valence-electron chi connectivity index (χ3n) is 6.36. The quantitative estimate of drug-likeness (QED) is 0.356. The number of nitrogens with zero attached hydrogens (tertiary/aromatic N) is 3. The van der Waals surface area contributed by atoms with Gasteiger partial charge in [0.2, 0.25) is 0 Å². The van der Waals surface area contributed by atoms with E-state index in [9.17, 15) is 0 Å². The number of aromatic nitrogens is 2. The second-order valence-electron chi connectivity index (χ2n) is 9.11. The highest BCUT2D eigenvalue weighted by Gasteiger charge is 2.39. The molecule has 1 aliphatic heterocycles. The molecule has 0 atom stereocenters. The van der Waals surface area contributed by atoms with Gasteiger partial charge in [0.05, 0.1) is 0 Å². The van der Waals surface area contributed by atoms with Crippen molar-refractivity contribution in [1.29, 1.82) is 0 Å². The lowest BCUT2D eigenvalue weighted by Crippen LogP contribution is -2.58. The van der Waals surface area contributed by atoms with Gasteiger partial charge in [-0.15, -0.1) is 0 Å². The fraction of sp³-hybridized carbons (Fsp3) is 0.423. The van der Waals surface area contributed by atoms with Crippen LogP contribution in [-0.2, 0) is 0 Å². The topological polar surface area (TPSA) is 21.1 Å². The molecule has 2 heterocycles. The molecule has 0 N–H and O–H groups in total.